The maximum Gasteiger partial charge on any atom is 0.255 e. The molecule has 18 heavy (non-hydrogen) atoms. The number of carbonyl (C=O) groups excluding carboxylic acids is 1. The van der Waals surface area contributed by atoms with E-state index in [2.05, 4.69) is 5.32 Å². The van der Waals surface area contributed by atoms with Gasteiger partial charge in [0.2, 0.25) is 0 Å². The number of rotatable bonds is 2. The van der Waals surface area contributed by atoms with Crippen LogP contribution in [0.3, 0.4) is 0 Å². The monoisotopic (exact) mass is 258 g/mol. The van der Waals surface area contributed by atoms with Crippen molar-refractivity contribution in [2.24, 2.45) is 0 Å². The van der Waals surface area contributed by atoms with Gasteiger partial charge in [0, 0.05) is 6.07 Å². The summed E-state index contributed by atoms with van der Waals surface area (Å²) in [5.41, 5.74) is 4.86. The van der Waals surface area contributed by atoms with Crippen molar-refractivity contribution in [3.8, 4) is 0 Å². The highest BCUT2D eigenvalue weighted by Gasteiger charge is 2.23. The lowest BCUT2D eigenvalue weighted by atomic mass is 10.2. The van der Waals surface area contributed by atoms with E-state index in [1.807, 2.05) is 0 Å². The first kappa shape index (κ1) is 12.7. The topological polar surface area (TPSA) is 73.6 Å². The van der Waals surface area contributed by atoms with Crippen LogP contribution >= 0.6 is 0 Å². The Morgan fingerprint density at radius 2 is 2.11 bits per heavy atom. The largest absolute Gasteiger partial charge is 0.396 e. The Hall–Kier alpha value is -1.73. The molecule has 1 heterocycles. The first-order chi connectivity index (χ1) is 8.58. The number of nitrogens with two attached hydrogens (primary N) is 1. The fraction of sp³-hybridized carbons (Fsp3) is 0.364. The first-order valence-corrected chi connectivity index (χ1v) is 5.32. The van der Waals surface area contributed by atoms with Crippen LogP contribution < -0.4 is 11.1 Å². The Kier molecular flexibility index (Phi) is 3.73. The molecule has 1 atom stereocenters. The summed E-state index contributed by atoms with van der Waals surface area (Å²) in [6.45, 7) is 0.817. The van der Waals surface area contributed by atoms with Crippen LogP contribution in [0.4, 0.5) is 20.2 Å². The van der Waals surface area contributed by atoms with Crippen LogP contribution in [0.1, 0.15) is 0 Å². The number of anilines is 2. The SMILES string of the molecule is Nc1cc(NC(=O)C2COCCO2)c(F)cc1F. The predicted octanol–water partition coefficient (Wildman–Crippen LogP) is 0.901. The molecule has 5 nitrogen and oxygen atoms in total. The normalized spacial score (nSPS) is 19.6. The lowest BCUT2D eigenvalue weighted by Crippen LogP contribution is -2.39. The van der Waals surface area contributed by atoms with Gasteiger partial charge in [0.1, 0.15) is 11.6 Å². The second kappa shape index (κ2) is 5.28. The molecule has 1 aromatic rings. The minimum Gasteiger partial charge on any atom is -0.396 e. The average Bonchev–Trinajstić information content (AvgIpc) is 2.37. The number of ether oxygens (including phenoxy) is 2. The van der Waals surface area contributed by atoms with Crippen molar-refractivity contribution < 1.29 is 23.0 Å². The molecular formula is C11H12F2N2O3. The Balaban J connectivity index is 2.08. The molecule has 1 aliphatic heterocycles. The van der Waals surface area contributed by atoms with Gasteiger partial charge in [0.15, 0.2) is 6.10 Å². The highest BCUT2D eigenvalue weighted by Crippen LogP contribution is 2.21. The maximum absolute atomic E-state index is 13.4. The summed E-state index contributed by atoms with van der Waals surface area (Å²) in [6.07, 6.45) is -0.801. The van der Waals surface area contributed by atoms with E-state index >= 15 is 0 Å². The summed E-state index contributed by atoms with van der Waals surface area (Å²) >= 11 is 0. The van der Waals surface area contributed by atoms with Gasteiger partial charge in [-0.05, 0) is 6.07 Å². The molecule has 0 saturated carbocycles. The lowest BCUT2D eigenvalue weighted by Gasteiger charge is -2.22. The molecule has 1 fully saturated rings. The molecule has 0 aromatic heterocycles. The molecule has 0 aliphatic carbocycles. The average molecular weight is 258 g/mol. The van der Waals surface area contributed by atoms with Gasteiger partial charge < -0.3 is 20.5 Å². The molecule has 3 N–H and O–H groups in total. The summed E-state index contributed by atoms with van der Waals surface area (Å²) < 4.78 is 36.5. The van der Waals surface area contributed by atoms with Gasteiger partial charge in [-0.25, -0.2) is 8.78 Å². The Labute approximate surface area is 102 Å². The Morgan fingerprint density at radius 1 is 1.33 bits per heavy atom. The second-order valence-corrected chi connectivity index (χ2v) is 3.78. The number of carbonyl (C=O) groups is 1. The van der Waals surface area contributed by atoms with Crippen molar-refractivity contribution in [1.29, 1.82) is 0 Å². The number of nitrogen functional groups attached to an aromatic ring is 1. The van der Waals surface area contributed by atoms with E-state index in [1.54, 1.807) is 0 Å². The van der Waals surface area contributed by atoms with Gasteiger partial charge in [-0.1, -0.05) is 0 Å². The van der Waals surface area contributed by atoms with E-state index in [9.17, 15) is 13.6 Å². The third-order valence-corrected chi connectivity index (χ3v) is 2.45. The van der Waals surface area contributed by atoms with Crippen LogP contribution in [0, 0.1) is 11.6 Å². The van der Waals surface area contributed by atoms with Gasteiger partial charge in [0.05, 0.1) is 31.2 Å². The molecule has 1 unspecified atom stereocenters. The van der Waals surface area contributed by atoms with Crippen molar-refractivity contribution in [1.82, 2.24) is 0 Å². The zero-order chi connectivity index (χ0) is 13.1. The van der Waals surface area contributed by atoms with Crippen LogP contribution in [-0.2, 0) is 14.3 Å². The second-order valence-electron chi connectivity index (χ2n) is 3.78. The molecule has 1 amide bonds. The molecule has 2 rings (SSSR count). The molecule has 1 saturated heterocycles. The lowest BCUT2D eigenvalue weighted by molar-refractivity contribution is -0.142. The molecule has 0 spiro atoms. The van der Waals surface area contributed by atoms with E-state index in [4.69, 9.17) is 15.2 Å². The summed E-state index contributed by atoms with van der Waals surface area (Å²) in [5, 5.41) is 2.28. The number of benzene rings is 1. The van der Waals surface area contributed by atoms with Crippen LogP contribution in [0.15, 0.2) is 12.1 Å². The smallest absolute Gasteiger partial charge is 0.255 e. The molecule has 0 radical (unpaired) electrons. The number of amides is 1. The molecule has 0 bridgehead atoms. The summed E-state index contributed by atoms with van der Waals surface area (Å²) in [7, 11) is 0. The third-order valence-electron chi connectivity index (χ3n) is 2.45. The number of halogens is 2. The number of hydrogen-bond donors (Lipinski definition) is 2. The van der Waals surface area contributed by atoms with E-state index in [-0.39, 0.29) is 18.0 Å². The van der Waals surface area contributed by atoms with Gasteiger partial charge in [-0.15, -0.1) is 0 Å². The minimum absolute atomic E-state index is 0.101. The van der Waals surface area contributed by atoms with Crippen molar-refractivity contribution in [3.63, 3.8) is 0 Å². The molecular weight excluding hydrogens is 246 g/mol. The van der Waals surface area contributed by atoms with Crippen molar-refractivity contribution in [2.75, 3.05) is 30.9 Å². The highest BCUT2D eigenvalue weighted by molar-refractivity contribution is 5.94. The van der Waals surface area contributed by atoms with Crippen molar-refractivity contribution in [2.45, 2.75) is 6.10 Å². The Bertz CT molecular complexity index is 462. The fourth-order valence-corrected chi connectivity index (χ4v) is 1.51. The summed E-state index contributed by atoms with van der Waals surface area (Å²) in [6, 6.07) is 1.63. The molecule has 7 heteroatoms. The minimum atomic E-state index is -0.897. The van der Waals surface area contributed by atoms with Gasteiger partial charge >= 0.3 is 0 Å². The van der Waals surface area contributed by atoms with Crippen molar-refractivity contribution in [3.05, 3.63) is 23.8 Å². The van der Waals surface area contributed by atoms with Gasteiger partial charge in [-0.2, -0.15) is 0 Å². The van der Waals surface area contributed by atoms with Crippen LogP contribution in [0.5, 0.6) is 0 Å². The van der Waals surface area contributed by atoms with Crippen LogP contribution in [0.25, 0.3) is 0 Å². The number of nitrogens with one attached hydrogen (secondary N) is 1. The third kappa shape index (κ3) is 2.74. The van der Waals surface area contributed by atoms with Gasteiger partial charge in [0.25, 0.3) is 5.91 Å². The first-order valence-electron chi connectivity index (χ1n) is 5.32. The van der Waals surface area contributed by atoms with E-state index in [0.29, 0.717) is 19.3 Å². The fourth-order valence-electron chi connectivity index (χ4n) is 1.51. The molecule has 1 aliphatic rings. The summed E-state index contributed by atoms with van der Waals surface area (Å²) in [4.78, 5) is 11.7. The zero-order valence-corrected chi connectivity index (χ0v) is 9.41. The standard InChI is InChI=1S/C11H12F2N2O3/c12-6-3-7(13)9(4-8(6)14)15-11(16)10-5-17-1-2-18-10/h3-4,10H,1-2,5,14H2,(H,15,16). The highest BCUT2D eigenvalue weighted by atomic mass is 19.1. The van der Waals surface area contributed by atoms with Gasteiger partial charge in [-0.3, -0.25) is 4.79 Å². The summed E-state index contributed by atoms with van der Waals surface area (Å²) in [5.74, 6) is -2.32. The maximum atomic E-state index is 13.4. The van der Waals surface area contributed by atoms with Crippen molar-refractivity contribution >= 4 is 17.3 Å². The van der Waals surface area contributed by atoms with Crippen LogP contribution in [0.2, 0.25) is 0 Å². The van der Waals surface area contributed by atoms with E-state index in [1.165, 1.54) is 0 Å². The number of hydrogen-bond acceptors (Lipinski definition) is 4. The molecule has 1 aromatic carbocycles. The van der Waals surface area contributed by atoms with Crippen LogP contribution in [-0.4, -0.2) is 31.8 Å². The zero-order valence-electron chi connectivity index (χ0n) is 9.41. The Morgan fingerprint density at radius 3 is 2.78 bits per heavy atom. The van der Waals surface area contributed by atoms with E-state index < -0.39 is 23.6 Å². The molecule has 98 valence electrons. The predicted molar refractivity (Wildman–Crippen MR) is 60.0 cm³/mol. The van der Waals surface area contributed by atoms with E-state index in [0.717, 1.165) is 6.07 Å². The quantitative estimate of drug-likeness (QED) is 0.773.